The summed E-state index contributed by atoms with van der Waals surface area (Å²) in [6.45, 7) is 2.93. The SMILES string of the molecule is COc1ccc(C(=O)Nc2ccc(C)cc2Br)cc1S(=O)(=O)N1CCCCCC1. The van der Waals surface area contributed by atoms with E-state index >= 15 is 0 Å². The first kappa shape index (κ1) is 21.8. The van der Waals surface area contributed by atoms with E-state index in [1.807, 2.05) is 19.1 Å². The number of carbonyl (C=O) groups excluding carboxylic acids is 1. The zero-order valence-corrected chi connectivity index (χ0v) is 19.0. The third-order valence-corrected chi connectivity index (χ3v) is 7.56. The molecule has 1 aliphatic heterocycles. The molecule has 1 heterocycles. The van der Waals surface area contributed by atoms with Crippen LogP contribution in [0.25, 0.3) is 0 Å². The lowest BCUT2D eigenvalue weighted by molar-refractivity contribution is 0.102. The number of nitrogens with zero attached hydrogens (tertiary/aromatic N) is 1. The first-order valence-electron chi connectivity index (χ1n) is 9.58. The summed E-state index contributed by atoms with van der Waals surface area (Å²) in [5.74, 6) is -0.146. The molecule has 0 spiro atoms. The fourth-order valence-electron chi connectivity index (χ4n) is 3.36. The first-order chi connectivity index (χ1) is 13.8. The molecule has 156 valence electrons. The van der Waals surface area contributed by atoms with E-state index in [1.165, 1.54) is 23.5 Å². The molecule has 0 aliphatic carbocycles. The van der Waals surface area contributed by atoms with Crippen LogP contribution in [0.3, 0.4) is 0 Å². The zero-order valence-electron chi connectivity index (χ0n) is 16.6. The summed E-state index contributed by atoms with van der Waals surface area (Å²) in [4.78, 5) is 12.8. The minimum absolute atomic E-state index is 0.0255. The Morgan fingerprint density at radius 1 is 1.07 bits per heavy atom. The number of sulfonamides is 1. The number of carbonyl (C=O) groups is 1. The van der Waals surface area contributed by atoms with Crippen molar-refractivity contribution < 1.29 is 17.9 Å². The molecule has 3 rings (SSSR count). The van der Waals surface area contributed by atoms with E-state index in [4.69, 9.17) is 4.74 Å². The molecule has 0 atom stereocenters. The fourth-order valence-corrected chi connectivity index (χ4v) is 5.65. The van der Waals surface area contributed by atoms with Crippen LogP contribution >= 0.6 is 15.9 Å². The topological polar surface area (TPSA) is 75.7 Å². The number of hydrogen-bond donors (Lipinski definition) is 1. The Morgan fingerprint density at radius 2 is 1.76 bits per heavy atom. The quantitative estimate of drug-likeness (QED) is 0.678. The molecule has 29 heavy (non-hydrogen) atoms. The number of anilines is 1. The van der Waals surface area contributed by atoms with Gasteiger partial charge in [-0.2, -0.15) is 4.31 Å². The predicted octanol–water partition coefficient (Wildman–Crippen LogP) is 4.58. The van der Waals surface area contributed by atoms with Gasteiger partial charge in [0.05, 0.1) is 12.8 Å². The lowest BCUT2D eigenvalue weighted by Gasteiger charge is -2.21. The molecule has 2 aromatic rings. The molecule has 1 fully saturated rings. The van der Waals surface area contributed by atoms with Crippen LogP contribution in [0.1, 0.15) is 41.6 Å². The van der Waals surface area contributed by atoms with Gasteiger partial charge in [-0.3, -0.25) is 4.79 Å². The Morgan fingerprint density at radius 3 is 2.38 bits per heavy atom. The monoisotopic (exact) mass is 480 g/mol. The number of methoxy groups -OCH3 is 1. The maximum atomic E-state index is 13.3. The van der Waals surface area contributed by atoms with Crippen molar-refractivity contribution >= 4 is 37.5 Å². The second-order valence-electron chi connectivity index (χ2n) is 7.12. The maximum absolute atomic E-state index is 13.3. The average Bonchev–Trinajstić information content (AvgIpc) is 2.99. The third kappa shape index (κ3) is 4.99. The van der Waals surface area contributed by atoms with Gasteiger partial charge in [-0.1, -0.05) is 18.9 Å². The third-order valence-electron chi connectivity index (χ3n) is 4.98. The van der Waals surface area contributed by atoms with Crippen molar-refractivity contribution in [2.24, 2.45) is 0 Å². The number of hydrogen-bond acceptors (Lipinski definition) is 4. The van der Waals surface area contributed by atoms with Gasteiger partial charge in [-0.25, -0.2) is 8.42 Å². The largest absolute Gasteiger partial charge is 0.495 e. The number of halogens is 1. The van der Waals surface area contributed by atoms with E-state index in [9.17, 15) is 13.2 Å². The van der Waals surface area contributed by atoms with Gasteiger partial charge < -0.3 is 10.1 Å². The van der Waals surface area contributed by atoms with Crippen LogP contribution in [0.2, 0.25) is 0 Å². The lowest BCUT2D eigenvalue weighted by atomic mass is 10.2. The van der Waals surface area contributed by atoms with Crippen LogP contribution < -0.4 is 10.1 Å². The van der Waals surface area contributed by atoms with E-state index in [-0.39, 0.29) is 22.1 Å². The minimum Gasteiger partial charge on any atom is -0.495 e. The van der Waals surface area contributed by atoms with Crippen LogP contribution in [-0.2, 0) is 10.0 Å². The van der Waals surface area contributed by atoms with Crippen LogP contribution in [-0.4, -0.2) is 38.8 Å². The van der Waals surface area contributed by atoms with Crippen molar-refractivity contribution in [3.63, 3.8) is 0 Å². The Bertz CT molecular complexity index is 1000. The molecule has 6 nitrogen and oxygen atoms in total. The van der Waals surface area contributed by atoms with Crippen LogP contribution in [0.15, 0.2) is 45.8 Å². The van der Waals surface area contributed by atoms with Gasteiger partial charge in [-0.15, -0.1) is 0 Å². The highest BCUT2D eigenvalue weighted by molar-refractivity contribution is 9.10. The highest BCUT2D eigenvalue weighted by atomic mass is 79.9. The van der Waals surface area contributed by atoms with Crippen molar-refractivity contribution in [2.75, 3.05) is 25.5 Å². The fraction of sp³-hybridized carbons (Fsp3) is 0.381. The molecule has 1 saturated heterocycles. The summed E-state index contributed by atoms with van der Waals surface area (Å²) in [5, 5.41) is 2.82. The highest BCUT2D eigenvalue weighted by Crippen LogP contribution is 2.30. The van der Waals surface area contributed by atoms with E-state index < -0.39 is 10.0 Å². The maximum Gasteiger partial charge on any atom is 0.255 e. The van der Waals surface area contributed by atoms with Gasteiger partial charge in [0.2, 0.25) is 10.0 Å². The Balaban J connectivity index is 1.92. The van der Waals surface area contributed by atoms with Crippen LogP contribution in [0.5, 0.6) is 5.75 Å². The van der Waals surface area contributed by atoms with Gasteiger partial charge >= 0.3 is 0 Å². The van der Waals surface area contributed by atoms with E-state index in [0.717, 1.165) is 35.7 Å². The normalized spacial score (nSPS) is 15.6. The molecule has 0 radical (unpaired) electrons. The Kier molecular flexibility index (Phi) is 6.97. The molecule has 0 saturated carbocycles. The van der Waals surface area contributed by atoms with Crippen LogP contribution in [0, 0.1) is 6.92 Å². The molecule has 1 N–H and O–H groups in total. The average molecular weight is 481 g/mol. The molecule has 1 amide bonds. The predicted molar refractivity (Wildman–Crippen MR) is 117 cm³/mol. The number of ether oxygens (including phenoxy) is 1. The van der Waals surface area contributed by atoms with E-state index in [2.05, 4.69) is 21.2 Å². The molecule has 0 unspecified atom stereocenters. The second kappa shape index (κ2) is 9.28. The van der Waals surface area contributed by atoms with Crippen LogP contribution in [0.4, 0.5) is 5.69 Å². The number of rotatable bonds is 5. The van der Waals surface area contributed by atoms with Crippen molar-refractivity contribution in [3.05, 3.63) is 52.0 Å². The minimum atomic E-state index is -3.75. The zero-order chi connectivity index (χ0) is 21.0. The summed E-state index contributed by atoms with van der Waals surface area (Å²) in [7, 11) is -2.32. The van der Waals surface area contributed by atoms with Gasteiger partial charge in [0.1, 0.15) is 10.6 Å². The Labute approximate surface area is 180 Å². The van der Waals surface area contributed by atoms with E-state index in [0.29, 0.717) is 18.8 Å². The molecule has 1 aliphatic rings. The second-order valence-corrected chi connectivity index (χ2v) is 9.88. The Hall–Kier alpha value is -1.90. The standard InChI is InChI=1S/C21H25BrN2O4S/c1-15-7-9-18(17(22)13-15)23-21(25)16-8-10-19(28-2)20(14-16)29(26,27)24-11-5-3-4-6-12-24/h7-10,13-14H,3-6,11-12H2,1-2H3,(H,23,25). The number of amides is 1. The van der Waals surface area contributed by atoms with Gasteiger partial charge in [0.15, 0.2) is 0 Å². The summed E-state index contributed by atoms with van der Waals surface area (Å²) in [6.07, 6.45) is 3.72. The molecular formula is C21H25BrN2O4S. The highest BCUT2D eigenvalue weighted by Gasteiger charge is 2.29. The molecule has 0 aromatic heterocycles. The summed E-state index contributed by atoms with van der Waals surface area (Å²) in [6, 6.07) is 10.1. The molecule has 0 bridgehead atoms. The van der Waals surface area contributed by atoms with Crippen molar-refractivity contribution in [2.45, 2.75) is 37.5 Å². The number of benzene rings is 2. The van der Waals surface area contributed by atoms with Crippen molar-refractivity contribution in [1.29, 1.82) is 0 Å². The summed E-state index contributed by atoms with van der Waals surface area (Å²) >= 11 is 3.44. The summed E-state index contributed by atoms with van der Waals surface area (Å²) < 4.78 is 34.1. The summed E-state index contributed by atoms with van der Waals surface area (Å²) in [5.41, 5.74) is 1.94. The number of nitrogens with one attached hydrogen (secondary N) is 1. The van der Waals surface area contributed by atoms with Gasteiger partial charge in [0, 0.05) is 23.1 Å². The molecule has 8 heteroatoms. The smallest absolute Gasteiger partial charge is 0.255 e. The van der Waals surface area contributed by atoms with Gasteiger partial charge in [-0.05, 0) is 71.6 Å². The van der Waals surface area contributed by atoms with Gasteiger partial charge in [0.25, 0.3) is 5.91 Å². The molecular weight excluding hydrogens is 456 g/mol. The van der Waals surface area contributed by atoms with Crippen molar-refractivity contribution in [3.8, 4) is 5.75 Å². The number of aryl methyl sites for hydroxylation is 1. The van der Waals surface area contributed by atoms with Crippen molar-refractivity contribution in [1.82, 2.24) is 4.31 Å². The first-order valence-corrected chi connectivity index (χ1v) is 11.8. The lowest BCUT2D eigenvalue weighted by Crippen LogP contribution is -2.32. The molecule has 2 aromatic carbocycles. The van der Waals surface area contributed by atoms with E-state index in [1.54, 1.807) is 12.1 Å².